The number of fused-ring (bicyclic) bond motifs is 6. The molecule has 0 N–H and O–H groups in total. The third-order valence-corrected chi connectivity index (χ3v) is 9.86. The Morgan fingerprint density at radius 3 is 1.81 bits per heavy atom. The van der Waals surface area contributed by atoms with Crippen LogP contribution in [0.5, 0.6) is 0 Å². The maximum atomic E-state index is 6.28. The summed E-state index contributed by atoms with van der Waals surface area (Å²) in [5.41, 5.74) is 15.3. The topological polar surface area (TPSA) is 16.4 Å². The molecule has 1 aromatic heterocycles. The summed E-state index contributed by atoms with van der Waals surface area (Å²) in [7, 11) is 0. The van der Waals surface area contributed by atoms with E-state index >= 15 is 0 Å². The van der Waals surface area contributed by atoms with Gasteiger partial charge in [-0.1, -0.05) is 117 Å². The first-order chi connectivity index (χ1) is 23.0. The van der Waals surface area contributed by atoms with Gasteiger partial charge in [-0.2, -0.15) is 0 Å². The second-order valence-corrected chi connectivity index (χ2v) is 13.0. The number of hydrogen-bond acceptors (Lipinski definition) is 2. The smallest absolute Gasteiger partial charge is 0.135 e. The number of para-hydroxylation sites is 2. The average Bonchev–Trinajstić information content (AvgIpc) is 3.60. The zero-order chi connectivity index (χ0) is 31.5. The number of benzene rings is 7. The second kappa shape index (κ2) is 10.6. The van der Waals surface area contributed by atoms with Gasteiger partial charge in [0.05, 0.1) is 0 Å². The molecule has 0 aliphatic heterocycles. The van der Waals surface area contributed by atoms with Gasteiger partial charge in [0, 0.05) is 33.2 Å². The minimum absolute atomic E-state index is 0.106. The van der Waals surface area contributed by atoms with Crippen molar-refractivity contribution in [2.45, 2.75) is 19.3 Å². The van der Waals surface area contributed by atoms with Crippen molar-refractivity contribution in [3.63, 3.8) is 0 Å². The Balaban J connectivity index is 1.11. The molecule has 1 heterocycles. The van der Waals surface area contributed by atoms with Crippen LogP contribution < -0.4 is 4.90 Å². The normalized spacial score (nSPS) is 13.1. The fourth-order valence-electron chi connectivity index (χ4n) is 7.43. The van der Waals surface area contributed by atoms with E-state index in [0.717, 1.165) is 28.2 Å². The van der Waals surface area contributed by atoms with Crippen molar-refractivity contribution < 1.29 is 4.42 Å². The Labute approximate surface area is 275 Å². The van der Waals surface area contributed by atoms with E-state index in [1.165, 1.54) is 55.3 Å². The van der Waals surface area contributed by atoms with Crippen LogP contribution >= 0.6 is 0 Å². The van der Waals surface area contributed by atoms with Crippen molar-refractivity contribution in [2.24, 2.45) is 0 Å². The molecular formula is C45H33NO. The first-order valence-electron chi connectivity index (χ1n) is 16.3. The van der Waals surface area contributed by atoms with Crippen LogP contribution in [0.15, 0.2) is 168 Å². The Kier molecular flexibility index (Phi) is 6.20. The lowest BCUT2D eigenvalue weighted by Crippen LogP contribution is -2.14. The first-order valence-corrected chi connectivity index (χ1v) is 16.3. The number of anilines is 3. The van der Waals surface area contributed by atoms with Crippen molar-refractivity contribution in [1.29, 1.82) is 0 Å². The van der Waals surface area contributed by atoms with Crippen LogP contribution in [0.4, 0.5) is 17.1 Å². The van der Waals surface area contributed by atoms with Gasteiger partial charge in [0.15, 0.2) is 0 Å². The van der Waals surface area contributed by atoms with Gasteiger partial charge in [0.1, 0.15) is 11.2 Å². The lowest BCUT2D eigenvalue weighted by Gasteiger charge is -2.26. The predicted molar refractivity (Wildman–Crippen MR) is 197 cm³/mol. The molecule has 1 aliphatic carbocycles. The summed E-state index contributed by atoms with van der Waals surface area (Å²) < 4.78 is 6.28. The third kappa shape index (κ3) is 4.48. The number of rotatable bonds is 5. The van der Waals surface area contributed by atoms with Crippen LogP contribution in [0.1, 0.15) is 25.0 Å². The summed E-state index contributed by atoms with van der Waals surface area (Å²) in [4.78, 5) is 2.33. The molecule has 0 saturated carbocycles. The summed E-state index contributed by atoms with van der Waals surface area (Å²) in [6.45, 7) is 4.65. The molecule has 7 aromatic carbocycles. The van der Waals surface area contributed by atoms with Gasteiger partial charge in [-0.3, -0.25) is 0 Å². The van der Waals surface area contributed by atoms with Crippen LogP contribution in [0, 0.1) is 0 Å². The predicted octanol–water partition coefficient (Wildman–Crippen LogP) is 12.7. The van der Waals surface area contributed by atoms with Crippen molar-refractivity contribution in [1.82, 2.24) is 0 Å². The molecule has 0 radical (unpaired) electrons. The highest BCUT2D eigenvalue weighted by Crippen LogP contribution is 2.51. The number of furan rings is 1. The molecule has 0 atom stereocenters. The van der Waals surface area contributed by atoms with Crippen LogP contribution in [-0.4, -0.2) is 0 Å². The molecular weight excluding hydrogens is 571 g/mol. The van der Waals surface area contributed by atoms with E-state index < -0.39 is 0 Å². The van der Waals surface area contributed by atoms with Gasteiger partial charge in [0.2, 0.25) is 0 Å². The SMILES string of the molecule is CC1(C)c2ccc(-c3ccc(N(c4ccccc4)c4cccc(-c5ccccc5)c4)cc3)cc2-c2cc3c(cc21)oc1ccccc13. The average molecular weight is 604 g/mol. The molecule has 0 bridgehead atoms. The van der Waals surface area contributed by atoms with E-state index in [-0.39, 0.29) is 5.41 Å². The highest BCUT2D eigenvalue weighted by Gasteiger charge is 2.36. The van der Waals surface area contributed by atoms with Gasteiger partial charge in [-0.15, -0.1) is 0 Å². The Bertz CT molecular complexity index is 2420. The summed E-state index contributed by atoms with van der Waals surface area (Å²) in [5.74, 6) is 0. The summed E-state index contributed by atoms with van der Waals surface area (Å²) >= 11 is 0. The third-order valence-electron chi connectivity index (χ3n) is 9.86. The maximum Gasteiger partial charge on any atom is 0.135 e. The molecule has 0 amide bonds. The minimum atomic E-state index is -0.106. The van der Waals surface area contributed by atoms with E-state index in [1.54, 1.807) is 0 Å². The molecule has 0 unspecified atom stereocenters. The molecule has 224 valence electrons. The molecule has 2 heteroatoms. The minimum Gasteiger partial charge on any atom is -0.456 e. The monoisotopic (exact) mass is 603 g/mol. The van der Waals surface area contributed by atoms with E-state index in [0.29, 0.717) is 0 Å². The maximum absolute atomic E-state index is 6.28. The molecule has 47 heavy (non-hydrogen) atoms. The molecule has 9 rings (SSSR count). The molecule has 8 aromatic rings. The summed E-state index contributed by atoms with van der Waals surface area (Å²) in [6, 6.07) is 58.9. The summed E-state index contributed by atoms with van der Waals surface area (Å²) in [6.07, 6.45) is 0. The quantitative estimate of drug-likeness (QED) is 0.195. The number of nitrogens with zero attached hydrogens (tertiary/aromatic N) is 1. The number of hydrogen-bond donors (Lipinski definition) is 0. The van der Waals surface area contributed by atoms with Gasteiger partial charge in [-0.05, 0) is 105 Å². The van der Waals surface area contributed by atoms with Crippen molar-refractivity contribution >= 4 is 39.0 Å². The standard InChI is InChI=1S/C45H33NO/c1-45(2)41-25-22-33(27-38(41)39-28-40-37-18-9-10-19-43(37)47-44(40)29-42(39)45)31-20-23-35(24-21-31)46(34-15-7-4-8-16-34)36-17-11-14-32(26-36)30-12-5-3-6-13-30/h3-29H,1-2H3. The highest BCUT2D eigenvalue weighted by atomic mass is 16.3. The zero-order valence-corrected chi connectivity index (χ0v) is 26.4. The fraction of sp³-hybridized carbons (Fsp3) is 0.0667. The van der Waals surface area contributed by atoms with Gasteiger partial charge >= 0.3 is 0 Å². The van der Waals surface area contributed by atoms with Crippen molar-refractivity contribution in [2.75, 3.05) is 4.90 Å². The van der Waals surface area contributed by atoms with E-state index in [2.05, 4.69) is 176 Å². The van der Waals surface area contributed by atoms with Crippen molar-refractivity contribution in [3.8, 4) is 33.4 Å². The van der Waals surface area contributed by atoms with E-state index in [1.807, 2.05) is 6.07 Å². The molecule has 0 spiro atoms. The van der Waals surface area contributed by atoms with Crippen molar-refractivity contribution in [3.05, 3.63) is 175 Å². The van der Waals surface area contributed by atoms with E-state index in [9.17, 15) is 0 Å². The second-order valence-electron chi connectivity index (χ2n) is 13.0. The Hall–Kier alpha value is -5.86. The molecule has 1 aliphatic rings. The fourth-order valence-corrected chi connectivity index (χ4v) is 7.43. The molecule has 2 nitrogen and oxygen atoms in total. The zero-order valence-electron chi connectivity index (χ0n) is 26.4. The van der Waals surface area contributed by atoms with Gasteiger partial charge < -0.3 is 9.32 Å². The van der Waals surface area contributed by atoms with Gasteiger partial charge in [0.25, 0.3) is 0 Å². The van der Waals surface area contributed by atoms with Crippen LogP contribution in [0.3, 0.4) is 0 Å². The lowest BCUT2D eigenvalue weighted by atomic mass is 9.82. The first kappa shape index (κ1) is 27.5. The highest BCUT2D eigenvalue weighted by molar-refractivity contribution is 6.08. The molecule has 0 fully saturated rings. The Morgan fingerprint density at radius 1 is 0.404 bits per heavy atom. The van der Waals surface area contributed by atoms with Crippen LogP contribution in [0.2, 0.25) is 0 Å². The molecule has 0 saturated heterocycles. The van der Waals surface area contributed by atoms with Crippen LogP contribution in [-0.2, 0) is 5.41 Å². The van der Waals surface area contributed by atoms with Crippen LogP contribution in [0.25, 0.3) is 55.3 Å². The van der Waals surface area contributed by atoms with Gasteiger partial charge in [-0.25, -0.2) is 0 Å². The van der Waals surface area contributed by atoms with E-state index in [4.69, 9.17) is 4.42 Å². The lowest BCUT2D eigenvalue weighted by molar-refractivity contribution is 0.647. The summed E-state index contributed by atoms with van der Waals surface area (Å²) in [5, 5.41) is 2.34. The largest absolute Gasteiger partial charge is 0.456 e. The Morgan fingerprint density at radius 2 is 1.00 bits per heavy atom.